The highest BCUT2D eigenvalue weighted by molar-refractivity contribution is 9.10. The fraction of sp³-hybridized carbons (Fsp3) is 0.227. The molecule has 0 bridgehead atoms. The molecule has 0 unspecified atom stereocenters. The van der Waals surface area contributed by atoms with Crippen molar-refractivity contribution < 1.29 is 9.57 Å². The number of rotatable bonds is 5. The van der Waals surface area contributed by atoms with E-state index in [0.29, 0.717) is 40.2 Å². The number of nitrogens with zero attached hydrogens (tertiary/aromatic N) is 3. The Morgan fingerprint density at radius 3 is 2.90 bits per heavy atom. The zero-order valence-corrected chi connectivity index (χ0v) is 18.9. The van der Waals surface area contributed by atoms with E-state index >= 15 is 0 Å². The molecule has 3 aromatic rings. The number of hydrogen-bond donors (Lipinski definition) is 1. The second kappa shape index (κ2) is 9.02. The molecule has 30 heavy (non-hydrogen) atoms. The minimum absolute atomic E-state index is 0.0445. The highest BCUT2D eigenvalue weighted by atomic mass is 79.9. The predicted octanol–water partition coefficient (Wildman–Crippen LogP) is 5.19. The van der Waals surface area contributed by atoms with E-state index in [0.717, 1.165) is 10.9 Å². The van der Waals surface area contributed by atoms with Crippen molar-refractivity contribution in [2.24, 2.45) is 5.16 Å². The molecule has 4 rings (SSSR count). The molecule has 0 spiro atoms. The van der Waals surface area contributed by atoms with Crippen molar-refractivity contribution in [3.63, 3.8) is 0 Å². The fourth-order valence-corrected chi connectivity index (χ4v) is 4.08. The minimum Gasteiger partial charge on any atom is -0.455 e. The molecule has 0 saturated heterocycles. The summed E-state index contributed by atoms with van der Waals surface area (Å²) < 4.78 is 7.12. The Kier molecular flexibility index (Phi) is 6.20. The Balaban J connectivity index is 1.58. The number of benzene rings is 2. The monoisotopic (exact) mass is 486 g/mol. The summed E-state index contributed by atoms with van der Waals surface area (Å²) in [5.41, 5.74) is 3.80. The molecule has 0 saturated carbocycles. The van der Waals surface area contributed by atoms with Crippen LogP contribution in [0.2, 0.25) is 5.02 Å². The standard InChI is InChI=1S/C22H20BrClN4O2/c1-13-6-7-15(19(23)8-13)9-17-12-29-28-22(26-17)21-14(2)27-25-11-20(21)30-18-5-3-4-16(24)10-18/h3-8,10-11,17H,9,12H2,1-2H3,(H,26,28)/t17-/m1/s1. The van der Waals surface area contributed by atoms with E-state index in [1.54, 1.807) is 18.3 Å². The molecule has 6 nitrogen and oxygen atoms in total. The molecule has 0 amide bonds. The predicted molar refractivity (Wildman–Crippen MR) is 120 cm³/mol. The summed E-state index contributed by atoms with van der Waals surface area (Å²) in [6, 6.07) is 13.6. The average molecular weight is 488 g/mol. The van der Waals surface area contributed by atoms with Crippen molar-refractivity contribution in [1.82, 2.24) is 15.5 Å². The van der Waals surface area contributed by atoms with Crippen molar-refractivity contribution in [1.29, 1.82) is 0 Å². The lowest BCUT2D eigenvalue weighted by Gasteiger charge is -2.25. The highest BCUT2D eigenvalue weighted by Gasteiger charge is 2.24. The molecule has 0 fully saturated rings. The van der Waals surface area contributed by atoms with Crippen LogP contribution in [0.25, 0.3) is 0 Å². The van der Waals surface area contributed by atoms with Crippen molar-refractivity contribution in [2.75, 3.05) is 6.61 Å². The molecule has 1 N–H and O–H groups in total. The highest BCUT2D eigenvalue weighted by Crippen LogP contribution is 2.29. The Morgan fingerprint density at radius 2 is 2.10 bits per heavy atom. The van der Waals surface area contributed by atoms with Gasteiger partial charge in [-0.3, -0.25) is 0 Å². The number of hydrogen-bond acceptors (Lipinski definition) is 6. The molecule has 1 aromatic heterocycles. The summed E-state index contributed by atoms with van der Waals surface area (Å²) in [6.07, 6.45) is 2.34. The lowest BCUT2D eigenvalue weighted by atomic mass is 10.0. The Bertz CT molecular complexity index is 1110. The molecule has 0 radical (unpaired) electrons. The lowest BCUT2D eigenvalue weighted by Crippen LogP contribution is -2.44. The van der Waals surface area contributed by atoms with Gasteiger partial charge in [-0.1, -0.05) is 50.9 Å². The van der Waals surface area contributed by atoms with Gasteiger partial charge in [-0.15, -0.1) is 0 Å². The number of amidine groups is 1. The third-order valence-electron chi connectivity index (χ3n) is 4.70. The molecular weight excluding hydrogens is 468 g/mol. The fourth-order valence-electron chi connectivity index (χ4n) is 3.25. The van der Waals surface area contributed by atoms with E-state index in [4.69, 9.17) is 21.2 Å². The Hall–Kier alpha value is -2.64. The van der Waals surface area contributed by atoms with Crippen molar-refractivity contribution in [3.8, 4) is 11.5 Å². The van der Waals surface area contributed by atoms with Crippen LogP contribution in [-0.2, 0) is 11.3 Å². The maximum atomic E-state index is 6.08. The first-order valence-electron chi connectivity index (χ1n) is 9.47. The van der Waals surface area contributed by atoms with Crippen LogP contribution in [0.15, 0.2) is 58.3 Å². The molecule has 8 heteroatoms. The second-order valence-electron chi connectivity index (χ2n) is 7.10. The smallest absolute Gasteiger partial charge is 0.178 e. The SMILES string of the molecule is Cc1ccc(C[C@@H]2CON=C(c3c(Oc4cccc(Cl)c4)cnnc3C)N2)c(Br)c1. The summed E-state index contributed by atoms with van der Waals surface area (Å²) in [6.45, 7) is 4.39. The summed E-state index contributed by atoms with van der Waals surface area (Å²) >= 11 is 9.73. The van der Waals surface area contributed by atoms with Gasteiger partial charge in [0.05, 0.1) is 23.5 Å². The third kappa shape index (κ3) is 4.74. The van der Waals surface area contributed by atoms with Gasteiger partial charge in [-0.05, 0) is 55.7 Å². The van der Waals surface area contributed by atoms with Gasteiger partial charge >= 0.3 is 0 Å². The number of aryl methyl sites for hydroxylation is 2. The van der Waals surface area contributed by atoms with Crippen LogP contribution in [0.3, 0.4) is 0 Å². The molecule has 1 aliphatic rings. The average Bonchev–Trinajstić information content (AvgIpc) is 2.71. The summed E-state index contributed by atoms with van der Waals surface area (Å²) in [4.78, 5) is 5.55. The van der Waals surface area contributed by atoms with E-state index in [-0.39, 0.29) is 6.04 Å². The van der Waals surface area contributed by atoms with E-state index < -0.39 is 0 Å². The van der Waals surface area contributed by atoms with Crippen molar-refractivity contribution in [3.05, 3.63) is 80.5 Å². The first-order valence-corrected chi connectivity index (χ1v) is 10.6. The maximum Gasteiger partial charge on any atom is 0.178 e. The van der Waals surface area contributed by atoms with Crippen LogP contribution < -0.4 is 10.1 Å². The van der Waals surface area contributed by atoms with Crippen LogP contribution in [-0.4, -0.2) is 28.7 Å². The van der Waals surface area contributed by atoms with Gasteiger partial charge in [0.2, 0.25) is 0 Å². The second-order valence-corrected chi connectivity index (χ2v) is 8.40. The van der Waals surface area contributed by atoms with Gasteiger partial charge in [0, 0.05) is 9.50 Å². The van der Waals surface area contributed by atoms with E-state index in [9.17, 15) is 0 Å². The third-order valence-corrected chi connectivity index (χ3v) is 5.67. The molecule has 154 valence electrons. The van der Waals surface area contributed by atoms with Gasteiger partial charge < -0.3 is 14.9 Å². The maximum absolute atomic E-state index is 6.08. The zero-order valence-electron chi connectivity index (χ0n) is 16.5. The Labute approximate surface area is 188 Å². The summed E-state index contributed by atoms with van der Waals surface area (Å²) in [7, 11) is 0. The van der Waals surface area contributed by atoms with E-state index in [1.807, 2.05) is 19.1 Å². The van der Waals surface area contributed by atoms with Gasteiger partial charge in [-0.25, -0.2) is 0 Å². The Morgan fingerprint density at radius 1 is 1.23 bits per heavy atom. The lowest BCUT2D eigenvalue weighted by molar-refractivity contribution is 0.109. The quantitative estimate of drug-likeness (QED) is 0.536. The summed E-state index contributed by atoms with van der Waals surface area (Å²) in [5, 5.41) is 16.5. The molecule has 1 aliphatic heterocycles. The van der Waals surface area contributed by atoms with Gasteiger partial charge in [0.15, 0.2) is 11.6 Å². The molecule has 1 atom stereocenters. The van der Waals surface area contributed by atoms with Crippen LogP contribution in [0.1, 0.15) is 22.4 Å². The molecule has 2 heterocycles. The van der Waals surface area contributed by atoms with E-state index in [1.165, 1.54) is 11.1 Å². The number of aromatic nitrogens is 2. The minimum atomic E-state index is 0.0445. The first-order chi connectivity index (χ1) is 14.5. The molecular formula is C22H20BrClN4O2. The van der Waals surface area contributed by atoms with Crippen LogP contribution in [0.4, 0.5) is 0 Å². The van der Waals surface area contributed by atoms with Gasteiger partial charge in [0.25, 0.3) is 0 Å². The topological polar surface area (TPSA) is 68.6 Å². The van der Waals surface area contributed by atoms with Crippen LogP contribution >= 0.6 is 27.5 Å². The normalized spacial score (nSPS) is 15.7. The molecule has 0 aliphatic carbocycles. The number of ether oxygens (including phenoxy) is 1. The summed E-state index contributed by atoms with van der Waals surface area (Å²) in [5.74, 6) is 1.70. The van der Waals surface area contributed by atoms with Crippen LogP contribution in [0.5, 0.6) is 11.5 Å². The van der Waals surface area contributed by atoms with E-state index in [2.05, 4.69) is 61.7 Å². The van der Waals surface area contributed by atoms with Gasteiger partial charge in [-0.2, -0.15) is 10.2 Å². The number of halogens is 2. The first kappa shape index (κ1) is 20.6. The molecule has 2 aromatic carbocycles. The van der Waals surface area contributed by atoms with Crippen molar-refractivity contribution in [2.45, 2.75) is 26.3 Å². The zero-order chi connectivity index (χ0) is 21.1. The van der Waals surface area contributed by atoms with Crippen LogP contribution in [0, 0.1) is 13.8 Å². The largest absolute Gasteiger partial charge is 0.455 e. The van der Waals surface area contributed by atoms with Crippen molar-refractivity contribution >= 4 is 33.4 Å². The number of nitrogens with one attached hydrogen (secondary N) is 1. The van der Waals surface area contributed by atoms with Gasteiger partial charge in [0.1, 0.15) is 12.4 Å². The number of oxime groups is 1.